The van der Waals surface area contributed by atoms with Crippen LogP contribution in [0.3, 0.4) is 0 Å². The lowest BCUT2D eigenvalue weighted by atomic mass is 9.96. The zero-order valence-corrected chi connectivity index (χ0v) is 18.1. The van der Waals surface area contributed by atoms with Crippen LogP contribution in [0.2, 0.25) is 0 Å². The molecular weight excluding hydrogens is 424 g/mol. The van der Waals surface area contributed by atoms with Crippen molar-refractivity contribution in [3.63, 3.8) is 0 Å². The van der Waals surface area contributed by atoms with Crippen molar-refractivity contribution < 1.29 is 23.8 Å². The number of hydrogen-bond acceptors (Lipinski definition) is 6. The molecule has 2 aromatic heterocycles. The van der Waals surface area contributed by atoms with Gasteiger partial charge in [0.15, 0.2) is 0 Å². The number of carbonyl (C=O) groups excluding carboxylic acids is 1. The summed E-state index contributed by atoms with van der Waals surface area (Å²) in [4.78, 5) is 16.5. The maximum atomic E-state index is 14.8. The largest absolute Gasteiger partial charge is 0.396 e. The Labute approximate surface area is 182 Å². The first kappa shape index (κ1) is 22.8. The number of nitrogens with two attached hydrogens (primary N) is 1. The Balaban J connectivity index is 2.02. The Morgan fingerprint density at radius 2 is 1.87 bits per heavy atom. The molecule has 31 heavy (non-hydrogen) atoms. The summed E-state index contributed by atoms with van der Waals surface area (Å²) in [5, 5.41) is 22.4. The van der Waals surface area contributed by atoms with Gasteiger partial charge in [-0.05, 0) is 62.6 Å². The van der Waals surface area contributed by atoms with E-state index in [9.17, 15) is 18.7 Å². The van der Waals surface area contributed by atoms with E-state index in [0.29, 0.717) is 22.9 Å². The van der Waals surface area contributed by atoms with Gasteiger partial charge in [-0.2, -0.15) is 0 Å². The van der Waals surface area contributed by atoms with Crippen molar-refractivity contribution in [3.8, 4) is 10.4 Å². The number of amides is 1. The van der Waals surface area contributed by atoms with Crippen LogP contribution in [0, 0.1) is 18.6 Å². The van der Waals surface area contributed by atoms with Crippen molar-refractivity contribution in [3.05, 3.63) is 64.4 Å². The summed E-state index contributed by atoms with van der Waals surface area (Å²) in [6.45, 7) is 4.65. The fourth-order valence-corrected chi connectivity index (χ4v) is 4.23. The van der Waals surface area contributed by atoms with Gasteiger partial charge < -0.3 is 21.3 Å². The Morgan fingerprint density at radius 3 is 2.39 bits per heavy atom. The van der Waals surface area contributed by atoms with E-state index in [4.69, 9.17) is 10.8 Å². The van der Waals surface area contributed by atoms with E-state index < -0.39 is 23.1 Å². The molecule has 0 fully saturated rings. The summed E-state index contributed by atoms with van der Waals surface area (Å²) in [7, 11) is 0. The van der Waals surface area contributed by atoms with Gasteiger partial charge in [-0.1, -0.05) is 6.07 Å². The third kappa shape index (κ3) is 4.90. The highest BCUT2D eigenvalue weighted by molar-refractivity contribution is 7.20. The second kappa shape index (κ2) is 8.70. The number of aryl methyl sites for hydroxylation is 1. The van der Waals surface area contributed by atoms with E-state index in [1.807, 2.05) is 0 Å². The van der Waals surface area contributed by atoms with E-state index in [-0.39, 0.29) is 28.2 Å². The predicted molar refractivity (Wildman–Crippen MR) is 116 cm³/mol. The number of anilines is 2. The van der Waals surface area contributed by atoms with Gasteiger partial charge in [-0.25, -0.2) is 13.8 Å². The number of carbonyl (C=O) groups is 1. The first-order valence-electron chi connectivity index (χ1n) is 9.51. The number of thiophene rings is 1. The molecule has 1 amide bonds. The molecule has 0 saturated heterocycles. The Kier molecular flexibility index (Phi) is 6.40. The number of rotatable bonds is 7. The standard InChI is InChI=1S/C22H23F2N3O3S/c1-11-12(6-7-28)4-5-18(26-11)27-21-14(20(25)29)10-17(31-21)19-15(23)8-13(9-16(19)24)22(2,3)30/h4-5,8-10,28,30H,6-7H2,1-3H3,(H2,25,29)(H,26,27). The van der Waals surface area contributed by atoms with Crippen LogP contribution in [0.4, 0.5) is 19.6 Å². The molecule has 0 bridgehead atoms. The number of primary amides is 1. The van der Waals surface area contributed by atoms with Gasteiger partial charge in [0, 0.05) is 17.2 Å². The third-order valence-electron chi connectivity index (χ3n) is 4.81. The summed E-state index contributed by atoms with van der Waals surface area (Å²) in [6.07, 6.45) is 0.466. The van der Waals surface area contributed by atoms with Gasteiger partial charge in [0.2, 0.25) is 0 Å². The number of nitrogens with one attached hydrogen (secondary N) is 1. The maximum absolute atomic E-state index is 14.8. The first-order chi connectivity index (χ1) is 14.5. The fraction of sp³-hybridized carbons (Fsp3) is 0.273. The lowest BCUT2D eigenvalue weighted by Gasteiger charge is -2.18. The second-order valence-electron chi connectivity index (χ2n) is 7.63. The smallest absolute Gasteiger partial charge is 0.251 e. The van der Waals surface area contributed by atoms with Crippen LogP contribution in [0.5, 0.6) is 0 Å². The molecule has 0 aliphatic carbocycles. The molecule has 0 spiro atoms. The normalized spacial score (nSPS) is 11.6. The summed E-state index contributed by atoms with van der Waals surface area (Å²) >= 11 is 0.963. The molecule has 0 unspecified atom stereocenters. The highest BCUT2D eigenvalue weighted by Crippen LogP contribution is 2.40. The van der Waals surface area contributed by atoms with Gasteiger partial charge in [0.05, 0.1) is 16.7 Å². The second-order valence-corrected chi connectivity index (χ2v) is 8.68. The quantitative estimate of drug-likeness (QED) is 0.438. The maximum Gasteiger partial charge on any atom is 0.251 e. The number of aromatic nitrogens is 1. The predicted octanol–water partition coefficient (Wildman–Crippen LogP) is 4.00. The molecule has 164 valence electrons. The molecule has 3 aromatic rings. The topological polar surface area (TPSA) is 108 Å². The summed E-state index contributed by atoms with van der Waals surface area (Å²) in [5.41, 5.74) is 5.50. The molecule has 0 aliphatic rings. The molecule has 0 aliphatic heterocycles. The lowest BCUT2D eigenvalue weighted by molar-refractivity contribution is 0.0778. The highest BCUT2D eigenvalue weighted by atomic mass is 32.1. The number of benzene rings is 1. The van der Waals surface area contributed by atoms with Gasteiger partial charge in [0.1, 0.15) is 22.5 Å². The van der Waals surface area contributed by atoms with E-state index in [0.717, 1.165) is 29.0 Å². The molecule has 0 saturated carbocycles. The first-order valence-corrected chi connectivity index (χ1v) is 10.3. The molecule has 3 rings (SSSR count). The summed E-state index contributed by atoms with van der Waals surface area (Å²) in [5.74, 6) is -2.05. The van der Waals surface area contributed by atoms with Crippen LogP contribution in [-0.2, 0) is 12.0 Å². The van der Waals surface area contributed by atoms with Gasteiger partial charge in [-0.15, -0.1) is 11.3 Å². The monoisotopic (exact) mass is 447 g/mol. The van der Waals surface area contributed by atoms with E-state index in [1.54, 1.807) is 19.1 Å². The fourth-order valence-electron chi connectivity index (χ4n) is 3.11. The average Bonchev–Trinajstić information content (AvgIpc) is 3.06. The van der Waals surface area contributed by atoms with Crippen molar-refractivity contribution in [2.45, 2.75) is 32.8 Å². The van der Waals surface area contributed by atoms with Gasteiger partial charge >= 0.3 is 0 Å². The van der Waals surface area contributed by atoms with E-state index >= 15 is 0 Å². The molecule has 0 radical (unpaired) electrons. The third-order valence-corrected chi connectivity index (χ3v) is 5.88. The minimum Gasteiger partial charge on any atom is -0.396 e. The van der Waals surface area contributed by atoms with Crippen LogP contribution >= 0.6 is 11.3 Å². The SMILES string of the molecule is Cc1nc(Nc2sc(-c3c(F)cc(C(C)(C)O)cc3F)cc2C(N)=O)ccc1CCO. The van der Waals surface area contributed by atoms with Gasteiger partial charge in [0.25, 0.3) is 5.91 Å². The number of aliphatic hydroxyl groups is 2. The zero-order chi connectivity index (χ0) is 22.9. The molecular formula is C22H23F2N3O3S. The van der Waals surface area contributed by atoms with Crippen LogP contribution < -0.4 is 11.1 Å². The van der Waals surface area contributed by atoms with Crippen molar-refractivity contribution in [2.24, 2.45) is 5.73 Å². The minimum absolute atomic E-state index is 0.00121. The summed E-state index contributed by atoms with van der Waals surface area (Å²) < 4.78 is 29.5. The van der Waals surface area contributed by atoms with Crippen molar-refractivity contribution in [1.29, 1.82) is 0 Å². The van der Waals surface area contributed by atoms with Crippen LogP contribution in [-0.4, -0.2) is 27.7 Å². The molecule has 5 N–H and O–H groups in total. The summed E-state index contributed by atoms with van der Waals surface area (Å²) in [6, 6.07) is 6.95. The highest BCUT2D eigenvalue weighted by Gasteiger charge is 2.24. The molecule has 9 heteroatoms. The van der Waals surface area contributed by atoms with Gasteiger partial charge in [-0.3, -0.25) is 4.79 Å². The van der Waals surface area contributed by atoms with E-state index in [2.05, 4.69) is 10.3 Å². The number of hydrogen-bond donors (Lipinski definition) is 4. The average molecular weight is 448 g/mol. The van der Waals surface area contributed by atoms with Crippen molar-refractivity contribution in [2.75, 3.05) is 11.9 Å². The molecule has 2 heterocycles. The Hall–Kier alpha value is -2.88. The lowest BCUT2D eigenvalue weighted by Crippen LogP contribution is -2.16. The van der Waals surface area contributed by atoms with Crippen LogP contribution in [0.1, 0.15) is 41.0 Å². The number of halogens is 2. The van der Waals surface area contributed by atoms with Crippen molar-refractivity contribution in [1.82, 2.24) is 4.98 Å². The molecule has 6 nitrogen and oxygen atoms in total. The molecule has 0 atom stereocenters. The van der Waals surface area contributed by atoms with E-state index in [1.165, 1.54) is 19.9 Å². The molecule has 1 aromatic carbocycles. The Bertz CT molecular complexity index is 1120. The zero-order valence-electron chi connectivity index (χ0n) is 17.3. The van der Waals surface area contributed by atoms with Crippen molar-refractivity contribution >= 4 is 28.1 Å². The van der Waals surface area contributed by atoms with Crippen LogP contribution in [0.25, 0.3) is 10.4 Å². The van der Waals surface area contributed by atoms with Crippen LogP contribution in [0.15, 0.2) is 30.3 Å². The number of pyridine rings is 1. The Morgan fingerprint density at radius 1 is 1.23 bits per heavy atom. The number of aliphatic hydroxyl groups excluding tert-OH is 1. The number of nitrogens with zero attached hydrogens (tertiary/aromatic N) is 1. The minimum atomic E-state index is -1.41.